The molecule has 1 unspecified atom stereocenters. The second-order valence-electron chi connectivity index (χ2n) is 4.95. The fourth-order valence-corrected chi connectivity index (χ4v) is 3.20. The number of thiophene rings is 1. The van der Waals surface area contributed by atoms with E-state index in [1.807, 2.05) is 18.2 Å². The molecule has 0 saturated heterocycles. The predicted octanol–water partition coefficient (Wildman–Crippen LogP) is 2.99. The van der Waals surface area contributed by atoms with Gasteiger partial charge in [0.25, 0.3) is 0 Å². The van der Waals surface area contributed by atoms with Crippen molar-refractivity contribution < 1.29 is 0 Å². The Bertz CT molecular complexity index is 572. The van der Waals surface area contributed by atoms with Gasteiger partial charge in [-0.3, -0.25) is 0 Å². The Kier molecular flexibility index (Phi) is 2.76. The van der Waals surface area contributed by atoms with E-state index in [9.17, 15) is 0 Å². The van der Waals surface area contributed by atoms with E-state index in [1.165, 1.54) is 18.4 Å². The van der Waals surface area contributed by atoms with Gasteiger partial charge in [0.2, 0.25) is 0 Å². The van der Waals surface area contributed by atoms with Gasteiger partial charge in [-0.2, -0.15) is 11.3 Å². The van der Waals surface area contributed by atoms with Crippen molar-refractivity contribution in [3.05, 3.63) is 34.5 Å². The number of hydrogen-bond acceptors (Lipinski definition) is 4. The number of hydrogen-bond donors (Lipinski definition) is 3. The largest absolute Gasteiger partial charge is 0.399 e. The first-order chi connectivity index (χ1) is 8.66. The van der Waals surface area contributed by atoms with Crippen LogP contribution >= 0.6 is 11.3 Å². The minimum atomic E-state index is 0.132. The fourth-order valence-electron chi connectivity index (χ4n) is 2.30. The quantitative estimate of drug-likeness (QED) is 0.741. The van der Waals surface area contributed by atoms with E-state index in [0.717, 1.165) is 22.5 Å². The predicted molar refractivity (Wildman–Crippen MR) is 78.2 cm³/mol. The zero-order valence-corrected chi connectivity index (χ0v) is 10.9. The van der Waals surface area contributed by atoms with Crippen molar-refractivity contribution in [2.24, 2.45) is 11.7 Å². The highest BCUT2D eigenvalue weighted by atomic mass is 32.1. The van der Waals surface area contributed by atoms with Gasteiger partial charge in [-0.25, -0.2) is 0 Å². The summed E-state index contributed by atoms with van der Waals surface area (Å²) in [5.74, 6) is 0.639. The van der Waals surface area contributed by atoms with Gasteiger partial charge in [0, 0.05) is 23.0 Å². The summed E-state index contributed by atoms with van der Waals surface area (Å²) in [6.45, 7) is 0. The van der Waals surface area contributed by atoms with Crippen LogP contribution in [-0.2, 0) is 0 Å². The maximum Gasteiger partial charge on any atom is 0.0395 e. The molecule has 1 heterocycles. The van der Waals surface area contributed by atoms with Crippen LogP contribution < -0.4 is 17.2 Å². The second-order valence-corrected chi connectivity index (χ2v) is 5.69. The van der Waals surface area contributed by atoms with E-state index in [-0.39, 0.29) is 6.04 Å². The van der Waals surface area contributed by atoms with Gasteiger partial charge < -0.3 is 17.2 Å². The molecule has 1 aromatic heterocycles. The van der Waals surface area contributed by atoms with Gasteiger partial charge in [0.15, 0.2) is 0 Å². The molecule has 2 aromatic rings. The van der Waals surface area contributed by atoms with Crippen LogP contribution in [0.2, 0.25) is 0 Å². The lowest BCUT2D eigenvalue weighted by atomic mass is 9.96. The molecule has 1 aromatic carbocycles. The van der Waals surface area contributed by atoms with Crippen molar-refractivity contribution in [2.45, 2.75) is 18.9 Å². The van der Waals surface area contributed by atoms with Gasteiger partial charge >= 0.3 is 0 Å². The summed E-state index contributed by atoms with van der Waals surface area (Å²) in [6, 6.07) is 5.74. The monoisotopic (exact) mass is 259 g/mol. The van der Waals surface area contributed by atoms with Crippen molar-refractivity contribution >= 4 is 22.7 Å². The van der Waals surface area contributed by atoms with Crippen LogP contribution in [0, 0.1) is 5.92 Å². The molecular weight excluding hydrogens is 242 g/mol. The first-order valence-corrected chi connectivity index (χ1v) is 7.08. The van der Waals surface area contributed by atoms with Crippen LogP contribution in [0.1, 0.15) is 24.4 Å². The third kappa shape index (κ3) is 1.98. The maximum atomic E-state index is 6.31. The van der Waals surface area contributed by atoms with Crippen LogP contribution in [0.3, 0.4) is 0 Å². The lowest BCUT2D eigenvalue weighted by Crippen LogP contribution is -2.12. The van der Waals surface area contributed by atoms with Gasteiger partial charge in [-0.05, 0) is 58.8 Å². The van der Waals surface area contributed by atoms with Gasteiger partial charge in [-0.15, -0.1) is 0 Å². The Morgan fingerprint density at radius 3 is 2.61 bits per heavy atom. The molecule has 1 aliphatic carbocycles. The van der Waals surface area contributed by atoms with E-state index in [4.69, 9.17) is 17.2 Å². The molecule has 4 heteroatoms. The number of benzene rings is 1. The number of rotatable bonds is 3. The summed E-state index contributed by atoms with van der Waals surface area (Å²) in [7, 11) is 0. The number of nitrogen functional groups attached to an aromatic ring is 2. The Morgan fingerprint density at radius 1 is 1.11 bits per heavy atom. The third-order valence-corrected chi connectivity index (χ3v) is 4.31. The van der Waals surface area contributed by atoms with Gasteiger partial charge in [-0.1, -0.05) is 0 Å². The van der Waals surface area contributed by atoms with Gasteiger partial charge in [0.1, 0.15) is 0 Å². The Balaban J connectivity index is 2.06. The lowest BCUT2D eigenvalue weighted by Gasteiger charge is -2.13. The topological polar surface area (TPSA) is 78.1 Å². The van der Waals surface area contributed by atoms with E-state index >= 15 is 0 Å². The zero-order valence-electron chi connectivity index (χ0n) is 10.1. The van der Waals surface area contributed by atoms with Crippen molar-refractivity contribution in [1.82, 2.24) is 0 Å². The summed E-state index contributed by atoms with van der Waals surface area (Å²) in [5.41, 5.74) is 23.0. The van der Waals surface area contributed by atoms with E-state index in [0.29, 0.717) is 5.92 Å². The van der Waals surface area contributed by atoms with E-state index in [2.05, 4.69) is 10.8 Å². The first-order valence-electron chi connectivity index (χ1n) is 6.14. The Labute approximate surface area is 111 Å². The van der Waals surface area contributed by atoms with Crippen LogP contribution in [0.15, 0.2) is 29.0 Å². The molecule has 0 spiro atoms. The summed E-state index contributed by atoms with van der Waals surface area (Å²) >= 11 is 1.67. The highest BCUT2D eigenvalue weighted by molar-refractivity contribution is 7.08. The molecular formula is C14H17N3S. The molecule has 0 bridgehead atoms. The lowest BCUT2D eigenvalue weighted by molar-refractivity contribution is 0.637. The molecule has 3 nitrogen and oxygen atoms in total. The number of anilines is 2. The van der Waals surface area contributed by atoms with Crippen LogP contribution in [0.4, 0.5) is 11.4 Å². The highest BCUT2D eigenvalue weighted by Gasteiger charge is 2.31. The van der Waals surface area contributed by atoms with Crippen LogP contribution in [-0.4, -0.2) is 0 Å². The van der Waals surface area contributed by atoms with E-state index in [1.54, 1.807) is 11.3 Å². The summed E-state index contributed by atoms with van der Waals surface area (Å²) in [6.07, 6.45) is 2.48. The highest BCUT2D eigenvalue weighted by Crippen LogP contribution is 2.44. The molecule has 0 radical (unpaired) electrons. The average molecular weight is 259 g/mol. The molecule has 18 heavy (non-hydrogen) atoms. The Hall–Kier alpha value is -1.52. The summed E-state index contributed by atoms with van der Waals surface area (Å²) in [5, 5.41) is 4.25. The third-order valence-electron chi connectivity index (χ3n) is 3.55. The maximum absolute atomic E-state index is 6.31. The molecule has 1 atom stereocenters. The minimum Gasteiger partial charge on any atom is -0.399 e. The molecule has 0 aliphatic heterocycles. The van der Waals surface area contributed by atoms with Crippen molar-refractivity contribution in [2.75, 3.05) is 11.5 Å². The standard InChI is InChI=1S/C14H17N3S/c15-9-3-4-13(16)10(5-9)11-6-18-7-12(11)14(17)8-1-2-8/h3-8,14H,1-2,15-17H2. The molecule has 1 aliphatic rings. The van der Waals surface area contributed by atoms with Crippen molar-refractivity contribution in [1.29, 1.82) is 0 Å². The second kappa shape index (κ2) is 4.30. The smallest absolute Gasteiger partial charge is 0.0395 e. The summed E-state index contributed by atoms with van der Waals surface area (Å²) < 4.78 is 0. The van der Waals surface area contributed by atoms with Gasteiger partial charge in [0.05, 0.1) is 0 Å². The Morgan fingerprint density at radius 2 is 1.89 bits per heavy atom. The summed E-state index contributed by atoms with van der Waals surface area (Å²) in [4.78, 5) is 0. The molecule has 0 amide bonds. The minimum absolute atomic E-state index is 0.132. The van der Waals surface area contributed by atoms with Crippen molar-refractivity contribution in [3.8, 4) is 11.1 Å². The molecule has 94 valence electrons. The fraction of sp³-hybridized carbons (Fsp3) is 0.286. The molecule has 6 N–H and O–H groups in total. The average Bonchev–Trinajstić information content (AvgIpc) is 3.09. The molecule has 1 fully saturated rings. The normalized spacial score (nSPS) is 16.7. The SMILES string of the molecule is Nc1ccc(N)c(-c2cscc2C(N)C2CC2)c1. The molecule has 3 rings (SSSR count). The molecule has 1 saturated carbocycles. The van der Waals surface area contributed by atoms with Crippen molar-refractivity contribution in [3.63, 3.8) is 0 Å². The van der Waals surface area contributed by atoms with Crippen LogP contribution in [0.5, 0.6) is 0 Å². The first kappa shape index (κ1) is 11.6. The number of nitrogens with two attached hydrogens (primary N) is 3. The zero-order chi connectivity index (χ0) is 12.7. The van der Waals surface area contributed by atoms with Crippen LogP contribution in [0.25, 0.3) is 11.1 Å². The van der Waals surface area contributed by atoms with E-state index < -0.39 is 0 Å².